The Labute approximate surface area is 109 Å². The van der Waals surface area contributed by atoms with Gasteiger partial charge in [0.25, 0.3) is 0 Å². The zero-order chi connectivity index (χ0) is 13.0. The van der Waals surface area contributed by atoms with Gasteiger partial charge in [0.1, 0.15) is 5.75 Å². The van der Waals surface area contributed by atoms with Crippen molar-refractivity contribution in [3.63, 3.8) is 0 Å². The van der Waals surface area contributed by atoms with Crippen LogP contribution in [-0.2, 0) is 6.42 Å². The Morgan fingerprint density at radius 2 is 2.00 bits per heavy atom. The van der Waals surface area contributed by atoms with Gasteiger partial charge in [0.05, 0.1) is 6.61 Å². The van der Waals surface area contributed by atoms with Crippen molar-refractivity contribution < 1.29 is 4.74 Å². The summed E-state index contributed by atoms with van der Waals surface area (Å²) in [4.78, 5) is 4.32. The lowest BCUT2D eigenvalue weighted by molar-refractivity contribution is 0.357. The van der Waals surface area contributed by atoms with Crippen molar-refractivity contribution in [2.24, 2.45) is 0 Å². The van der Waals surface area contributed by atoms with Crippen LogP contribution in [0.5, 0.6) is 5.75 Å². The first-order valence-corrected chi connectivity index (χ1v) is 6.52. The smallest absolute Gasteiger partial charge is 0.122 e. The SMILES string of the molecule is CC.Cc1ncccc1-c1ccc2c(c1)CCO2. The molecule has 0 spiro atoms. The molecule has 94 valence electrons. The number of hydrogen-bond acceptors (Lipinski definition) is 2. The minimum atomic E-state index is 0.810. The van der Waals surface area contributed by atoms with Crippen LogP contribution in [0.4, 0.5) is 0 Å². The Bertz CT molecular complexity index is 534. The van der Waals surface area contributed by atoms with E-state index in [1.54, 1.807) is 0 Å². The number of aromatic nitrogens is 1. The molecule has 0 saturated carbocycles. The number of nitrogens with zero attached hydrogens (tertiary/aromatic N) is 1. The maximum absolute atomic E-state index is 5.50. The fourth-order valence-electron chi connectivity index (χ4n) is 2.14. The lowest BCUT2D eigenvalue weighted by atomic mass is 10.0. The van der Waals surface area contributed by atoms with Gasteiger partial charge < -0.3 is 4.74 Å². The molecular weight excluding hydrogens is 222 g/mol. The van der Waals surface area contributed by atoms with Crippen molar-refractivity contribution in [2.75, 3.05) is 6.61 Å². The molecule has 1 aliphatic rings. The molecular formula is C16H19NO. The second kappa shape index (κ2) is 5.67. The molecule has 0 fully saturated rings. The van der Waals surface area contributed by atoms with E-state index in [0.29, 0.717) is 0 Å². The van der Waals surface area contributed by atoms with Crippen molar-refractivity contribution >= 4 is 0 Å². The predicted molar refractivity (Wildman–Crippen MR) is 75.0 cm³/mol. The van der Waals surface area contributed by atoms with E-state index in [0.717, 1.165) is 24.5 Å². The lowest BCUT2D eigenvalue weighted by Gasteiger charge is -2.06. The molecule has 1 aromatic heterocycles. The maximum Gasteiger partial charge on any atom is 0.122 e. The van der Waals surface area contributed by atoms with Gasteiger partial charge in [-0.05, 0) is 36.2 Å². The summed E-state index contributed by atoms with van der Waals surface area (Å²) in [5.41, 5.74) is 4.81. The fraction of sp³-hybridized carbons (Fsp3) is 0.312. The first kappa shape index (κ1) is 12.6. The third-order valence-electron chi connectivity index (χ3n) is 3.01. The molecule has 0 unspecified atom stereocenters. The Kier molecular flexibility index (Phi) is 3.98. The molecule has 0 saturated heterocycles. The average molecular weight is 241 g/mol. The quantitative estimate of drug-likeness (QED) is 0.752. The molecule has 2 nitrogen and oxygen atoms in total. The third-order valence-corrected chi connectivity index (χ3v) is 3.01. The molecule has 2 heteroatoms. The van der Waals surface area contributed by atoms with E-state index in [4.69, 9.17) is 4.74 Å². The van der Waals surface area contributed by atoms with E-state index in [1.165, 1.54) is 16.7 Å². The maximum atomic E-state index is 5.50. The van der Waals surface area contributed by atoms with Crippen molar-refractivity contribution in [1.29, 1.82) is 0 Å². The van der Waals surface area contributed by atoms with E-state index in [2.05, 4.69) is 29.2 Å². The monoisotopic (exact) mass is 241 g/mol. The predicted octanol–water partition coefficient (Wildman–Crippen LogP) is 4.02. The van der Waals surface area contributed by atoms with Crippen molar-refractivity contribution in [2.45, 2.75) is 27.2 Å². The highest BCUT2D eigenvalue weighted by atomic mass is 16.5. The van der Waals surface area contributed by atoms with Crippen LogP contribution in [0.3, 0.4) is 0 Å². The molecule has 2 aromatic rings. The van der Waals surface area contributed by atoms with Gasteiger partial charge in [-0.25, -0.2) is 0 Å². The number of rotatable bonds is 1. The number of benzene rings is 1. The number of ether oxygens (including phenoxy) is 1. The summed E-state index contributed by atoms with van der Waals surface area (Å²) in [5.74, 6) is 1.03. The van der Waals surface area contributed by atoms with Crippen LogP contribution in [0.1, 0.15) is 25.1 Å². The van der Waals surface area contributed by atoms with Crippen LogP contribution < -0.4 is 4.74 Å². The Morgan fingerprint density at radius 1 is 1.17 bits per heavy atom. The van der Waals surface area contributed by atoms with Crippen LogP contribution >= 0.6 is 0 Å². The number of hydrogen-bond donors (Lipinski definition) is 0. The van der Waals surface area contributed by atoms with E-state index < -0.39 is 0 Å². The van der Waals surface area contributed by atoms with Crippen LogP contribution in [-0.4, -0.2) is 11.6 Å². The Balaban J connectivity index is 0.000000574. The van der Waals surface area contributed by atoms with Gasteiger partial charge >= 0.3 is 0 Å². The van der Waals surface area contributed by atoms with Crippen molar-refractivity contribution in [3.05, 3.63) is 47.8 Å². The van der Waals surface area contributed by atoms with Gasteiger partial charge in [-0.3, -0.25) is 4.98 Å². The summed E-state index contributed by atoms with van der Waals surface area (Å²) in [5, 5.41) is 0. The normalized spacial score (nSPS) is 12.2. The Morgan fingerprint density at radius 3 is 2.78 bits per heavy atom. The molecule has 3 rings (SSSR count). The zero-order valence-electron chi connectivity index (χ0n) is 11.2. The molecule has 0 aliphatic carbocycles. The summed E-state index contributed by atoms with van der Waals surface area (Å²) in [6.07, 6.45) is 2.85. The van der Waals surface area contributed by atoms with Crippen LogP contribution in [0.2, 0.25) is 0 Å². The average Bonchev–Trinajstić information content (AvgIpc) is 2.89. The highest BCUT2D eigenvalue weighted by Crippen LogP contribution is 2.31. The first-order valence-electron chi connectivity index (χ1n) is 6.52. The van der Waals surface area contributed by atoms with E-state index in [1.807, 2.05) is 33.0 Å². The molecule has 1 aliphatic heterocycles. The summed E-state index contributed by atoms with van der Waals surface area (Å²) in [7, 11) is 0. The second-order valence-corrected chi connectivity index (χ2v) is 4.06. The topological polar surface area (TPSA) is 22.1 Å². The van der Waals surface area contributed by atoms with Gasteiger partial charge in [-0.1, -0.05) is 26.0 Å². The third kappa shape index (κ3) is 2.37. The summed E-state index contributed by atoms with van der Waals surface area (Å²) >= 11 is 0. The number of aryl methyl sites for hydroxylation is 1. The molecule has 2 heterocycles. The molecule has 1 aromatic carbocycles. The molecule has 18 heavy (non-hydrogen) atoms. The van der Waals surface area contributed by atoms with Gasteiger partial charge in [-0.15, -0.1) is 0 Å². The van der Waals surface area contributed by atoms with Gasteiger partial charge in [0.2, 0.25) is 0 Å². The first-order chi connectivity index (χ1) is 8.84. The highest BCUT2D eigenvalue weighted by Gasteiger charge is 2.13. The minimum Gasteiger partial charge on any atom is -0.493 e. The van der Waals surface area contributed by atoms with Gasteiger partial charge in [-0.2, -0.15) is 0 Å². The second-order valence-electron chi connectivity index (χ2n) is 4.06. The van der Waals surface area contributed by atoms with Crippen LogP contribution in [0, 0.1) is 6.92 Å². The number of pyridine rings is 1. The van der Waals surface area contributed by atoms with E-state index in [-0.39, 0.29) is 0 Å². The molecule has 0 amide bonds. The summed E-state index contributed by atoms with van der Waals surface area (Å²) < 4.78 is 5.50. The summed E-state index contributed by atoms with van der Waals surface area (Å²) in [6, 6.07) is 10.5. The minimum absolute atomic E-state index is 0.810. The summed E-state index contributed by atoms with van der Waals surface area (Å²) in [6.45, 7) is 6.85. The standard InChI is InChI=1S/C14H13NO.C2H6/c1-10-13(3-2-7-15-10)11-4-5-14-12(9-11)6-8-16-14;1-2/h2-5,7,9H,6,8H2,1H3;1-2H3. The highest BCUT2D eigenvalue weighted by molar-refractivity contribution is 5.67. The lowest BCUT2D eigenvalue weighted by Crippen LogP contribution is -1.87. The van der Waals surface area contributed by atoms with Crippen LogP contribution in [0.15, 0.2) is 36.5 Å². The Hall–Kier alpha value is -1.83. The van der Waals surface area contributed by atoms with Gasteiger partial charge in [0, 0.05) is 23.9 Å². The van der Waals surface area contributed by atoms with Crippen LogP contribution in [0.25, 0.3) is 11.1 Å². The van der Waals surface area contributed by atoms with Gasteiger partial charge in [0.15, 0.2) is 0 Å². The number of fused-ring (bicyclic) bond motifs is 1. The van der Waals surface area contributed by atoms with E-state index >= 15 is 0 Å². The zero-order valence-corrected chi connectivity index (χ0v) is 11.2. The van der Waals surface area contributed by atoms with Crippen molar-refractivity contribution in [1.82, 2.24) is 4.98 Å². The molecule has 0 bridgehead atoms. The largest absolute Gasteiger partial charge is 0.493 e. The molecule has 0 radical (unpaired) electrons. The van der Waals surface area contributed by atoms with Crippen molar-refractivity contribution in [3.8, 4) is 16.9 Å². The van der Waals surface area contributed by atoms with E-state index in [9.17, 15) is 0 Å². The molecule has 0 atom stereocenters. The fourth-order valence-corrected chi connectivity index (χ4v) is 2.14. The molecule has 0 N–H and O–H groups in total.